The van der Waals surface area contributed by atoms with Crippen molar-refractivity contribution >= 4 is 11.6 Å². The van der Waals surface area contributed by atoms with Gasteiger partial charge in [0.1, 0.15) is 12.4 Å². The first kappa shape index (κ1) is 13.1. The second-order valence-electron chi connectivity index (χ2n) is 3.77. The maximum Gasteiger partial charge on any atom is 0.231 e. The zero-order valence-electron chi connectivity index (χ0n) is 10.2. The number of fused-ring (bicyclic) bond motifs is 1. The molecule has 18 heavy (non-hydrogen) atoms. The molecule has 5 heteroatoms. The zero-order chi connectivity index (χ0) is 12.8. The van der Waals surface area contributed by atoms with Crippen molar-refractivity contribution in [2.24, 2.45) is 0 Å². The molecule has 0 unspecified atom stereocenters. The van der Waals surface area contributed by atoms with Crippen LogP contribution in [-0.2, 0) is 6.54 Å². The van der Waals surface area contributed by atoms with Crippen LogP contribution in [-0.4, -0.2) is 19.9 Å². The van der Waals surface area contributed by atoms with E-state index < -0.39 is 0 Å². The standard InChI is InChI=1S/C13H16ClNO3/c1-2-15-8-10-6-12-13(18-9-17-12)7-11(10)16-5-3-4-14/h3-4,6-7,15H,2,5,8-9H2,1H3. The Morgan fingerprint density at radius 2 is 2.17 bits per heavy atom. The molecule has 0 spiro atoms. The molecule has 0 saturated carbocycles. The van der Waals surface area contributed by atoms with Gasteiger partial charge >= 0.3 is 0 Å². The van der Waals surface area contributed by atoms with E-state index in [1.165, 1.54) is 5.54 Å². The van der Waals surface area contributed by atoms with E-state index in [1.807, 2.05) is 12.1 Å². The van der Waals surface area contributed by atoms with Gasteiger partial charge in [-0.1, -0.05) is 18.5 Å². The minimum absolute atomic E-state index is 0.265. The largest absolute Gasteiger partial charge is 0.489 e. The Kier molecular flexibility index (Phi) is 4.73. The van der Waals surface area contributed by atoms with Gasteiger partial charge < -0.3 is 19.5 Å². The van der Waals surface area contributed by atoms with E-state index >= 15 is 0 Å². The van der Waals surface area contributed by atoms with Crippen LogP contribution in [0.1, 0.15) is 12.5 Å². The fourth-order valence-electron chi connectivity index (χ4n) is 1.67. The van der Waals surface area contributed by atoms with Crippen LogP contribution in [0.4, 0.5) is 0 Å². The van der Waals surface area contributed by atoms with Crippen molar-refractivity contribution in [1.82, 2.24) is 5.32 Å². The van der Waals surface area contributed by atoms with Crippen LogP contribution in [0.25, 0.3) is 0 Å². The summed E-state index contributed by atoms with van der Waals surface area (Å²) in [6.07, 6.45) is 1.74. The lowest BCUT2D eigenvalue weighted by Gasteiger charge is -2.11. The molecule has 0 radical (unpaired) electrons. The van der Waals surface area contributed by atoms with Gasteiger partial charge in [-0.05, 0) is 18.7 Å². The van der Waals surface area contributed by atoms with Crippen molar-refractivity contribution in [3.8, 4) is 17.2 Å². The SMILES string of the molecule is CCNCc1cc2c(cc1OCC=CCl)OCO2. The van der Waals surface area contributed by atoms with Gasteiger partial charge in [-0.15, -0.1) is 0 Å². The predicted molar refractivity (Wildman–Crippen MR) is 70.4 cm³/mol. The topological polar surface area (TPSA) is 39.7 Å². The Labute approximate surface area is 111 Å². The second-order valence-corrected chi connectivity index (χ2v) is 4.02. The zero-order valence-corrected chi connectivity index (χ0v) is 11.0. The number of ether oxygens (including phenoxy) is 3. The smallest absolute Gasteiger partial charge is 0.231 e. The van der Waals surface area contributed by atoms with Crippen molar-refractivity contribution in [2.75, 3.05) is 19.9 Å². The molecule has 0 aliphatic carbocycles. The molecule has 0 atom stereocenters. The molecule has 1 aliphatic heterocycles. The summed E-state index contributed by atoms with van der Waals surface area (Å²) in [6, 6.07) is 3.81. The van der Waals surface area contributed by atoms with Crippen LogP contribution in [0.2, 0.25) is 0 Å². The van der Waals surface area contributed by atoms with Gasteiger partial charge in [0, 0.05) is 23.7 Å². The fraction of sp³-hybridized carbons (Fsp3) is 0.385. The van der Waals surface area contributed by atoms with Crippen LogP contribution < -0.4 is 19.5 Å². The normalized spacial score (nSPS) is 13.2. The Bertz CT molecular complexity index is 434. The third-order valence-corrected chi connectivity index (χ3v) is 2.72. The van der Waals surface area contributed by atoms with E-state index in [-0.39, 0.29) is 6.79 Å². The minimum atomic E-state index is 0.265. The lowest BCUT2D eigenvalue weighted by Crippen LogP contribution is -2.13. The molecule has 4 nitrogen and oxygen atoms in total. The summed E-state index contributed by atoms with van der Waals surface area (Å²) in [5, 5.41) is 3.27. The average molecular weight is 270 g/mol. The van der Waals surface area contributed by atoms with E-state index in [0.717, 1.165) is 35.9 Å². The van der Waals surface area contributed by atoms with E-state index in [9.17, 15) is 0 Å². The highest BCUT2D eigenvalue weighted by atomic mass is 35.5. The third-order valence-electron chi connectivity index (χ3n) is 2.55. The first-order chi connectivity index (χ1) is 8.85. The summed E-state index contributed by atoms with van der Waals surface area (Å²) >= 11 is 5.47. The second kappa shape index (κ2) is 6.52. The molecular formula is C13H16ClNO3. The number of hydrogen-bond donors (Lipinski definition) is 1. The molecule has 1 aromatic rings. The quantitative estimate of drug-likeness (QED) is 0.862. The van der Waals surface area contributed by atoms with Crippen molar-refractivity contribution < 1.29 is 14.2 Å². The Morgan fingerprint density at radius 1 is 1.39 bits per heavy atom. The van der Waals surface area contributed by atoms with Crippen LogP contribution >= 0.6 is 11.6 Å². The van der Waals surface area contributed by atoms with Gasteiger partial charge in [-0.25, -0.2) is 0 Å². The number of rotatable bonds is 6. The van der Waals surface area contributed by atoms with Crippen molar-refractivity contribution in [3.63, 3.8) is 0 Å². The Morgan fingerprint density at radius 3 is 2.89 bits per heavy atom. The molecule has 1 aliphatic rings. The highest BCUT2D eigenvalue weighted by Gasteiger charge is 2.17. The van der Waals surface area contributed by atoms with Crippen molar-refractivity contribution in [1.29, 1.82) is 0 Å². The van der Waals surface area contributed by atoms with Gasteiger partial charge in [0.25, 0.3) is 0 Å². The van der Waals surface area contributed by atoms with Crippen LogP contribution in [0.3, 0.4) is 0 Å². The van der Waals surface area contributed by atoms with E-state index in [0.29, 0.717) is 6.61 Å². The lowest BCUT2D eigenvalue weighted by atomic mass is 10.1. The molecule has 0 bridgehead atoms. The van der Waals surface area contributed by atoms with E-state index in [4.69, 9.17) is 25.8 Å². The van der Waals surface area contributed by atoms with Gasteiger partial charge in [0.15, 0.2) is 11.5 Å². The highest BCUT2D eigenvalue weighted by molar-refractivity contribution is 6.25. The van der Waals surface area contributed by atoms with E-state index in [1.54, 1.807) is 6.08 Å². The van der Waals surface area contributed by atoms with Gasteiger partial charge in [-0.2, -0.15) is 0 Å². The summed E-state index contributed by atoms with van der Waals surface area (Å²) in [4.78, 5) is 0. The van der Waals surface area contributed by atoms with Crippen molar-refractivity contribution in [3.05, 3.63) is 29.3 Å². The molecular weight excluding hydrogens is 254 g/mol. The Hall–Kier alpha value is -1.39. The van der Waals surface area contributed by atoms with Crippen LogP contribution in [0.5, 0.6) is 17.2 Å². The van der Waals surface area contributed by atoms with Gasteiger partial charge in [0.2, 0.25) is 6.79 Å². The molecule has 0 fully saturated rings. The number of halogens is 1. The maximum absolute atomic E-state index is 5.65. The summed E-state index contributed by atoms with van der Waals surface area (Å²) < 4.78 is 16.4. The monoisotopic (exact) mass is 269 g/mol. The predicted octanol–water partition coefficient (Wildman–Crippen LogP) is 2.66. The highest BCUT2D eigenvalue weighted by Crippen LogP contribution is 2.38. The molecule has 98 valence electrons. The van der Waals surface area contributed by atoms with Gasteiger partial charge in [-0.3, -0.25) is 0 Å². The van der Waals surface area contributed by atoms with Crippen molar-refractivity contribution in [2.45, 2.75) is 13.5 Å². The molecule has 1 aromatic carbocycles. The van der Waals surface area contributed by atoms with E-state index in [2.05, 4.69) is 12.2 Å². The molecule has 0 aromatic heterocycles. The molecule has 1 heterocycles. The average Bonchev–Trinajstić information content (AvgIpc) is 2.83. The first-order valence-electron chi connectivity index (χ1n) is 5.86. The summed E-state index contributed by atoms with van der Waals surface area (Å²) in [7, 11) is 0. The number of hydrogen-bond acceptors (Lipinski definition) is 4. The minimum Gasteiger partial charge on any atom is -0.489 e. The lowest BCUT2D eigenvalue weighted by molar-refractivity contribution is 0.174. The molecule has 1 N–H and O–H groups in total. The number of nitrogens with one attached hydrogen (secondary N) is 1. The summed E-state index contributed by atoms with van der Waals surface area (Å²) in [6.45, 7) is 4.38. The first-order valence-corrected chi connectivity index (χ1v) is 6.30. The third kappa shape index (κ3) is 3.09. The summed E-state index contributed by atoms with van der Waals surface area (Å²) in [5.74, 6) is 2.28. The van der Waals surface area contributed by atoms with Crippen LogP contribution in [0.15, 0.2) is 23.7 Å². The van der Waals surface area contributed by atoms with Crippen LogP contribution in [0, 0.1) is 0 Å². The Balaban J connectivity index is 2.17. The molecule has 2 rings (SSSR count). The maximum atomic E-state index is 5.65. The molecule has 0 amide bonds. The number of benzene rings is 1. The summed E-state index contributed by atoms with van der Waals surface area (Å²) in [5.41, 5.74) is 2.49. The van der Waals surface area contributed by atoms with Gasteiger partial charge in [0.05, 0.1) is 0 Å². The fourth-order valence-corrected chi connectivity index (χ4v) is 1.74. The molecule has 0 saturated heterocycles.